The van der Waals surface area contributed by atoms with Gasteiger partial charge in [-0.15, -0.1) is 0 Å². The highest BCUT2D eigenvalue weighted by Crippen LogP contribution is 2.22. The van der Waals surface area contributed by atoms with Crippen molar-refractivity contribution in [1.29, 1.82) is 0 Å². The van der Waals surface area contributed by atoms with Crippen molar-refractivity contribution in [2.45, 2.75) is 48.5 Å². The van der Waals surface area contributed by atoms with Gasteiger partial charge in [0.2, 0.25) is 0 Å². The zero-order valence-electron chi connectivity index (χ0n) is 27.6. The van der Waals surface area contributed by atoms with Crippen LogP contribution in [0.25, 0.3) is 0 Å². The van der Waals surface area contributed by atoms with Crippen LogP contribution in [0.5, 0.6) is 0 Å². The van der Waals surface area contributed by atoms with E-state index in [2.05, 4.69) is 20.8 Å². The van der Waals surface area contributed by atoms with Gasteiger partial charge in [0.1, 0.15) is 13.2 Å². The maximum absolute atomic E-state index is 12.1. The van der Waals surface area contributed by atoms with Gasteiger partial charge in [-0.2, -0.15) is 0 Å². The van der Waals surface area contributed by atoms with Gasteiger partial charge in [0.15, 0.2) is 0 Å². The molecule has 242 valence electrons. The molecule has 2 rings (SSSR count). The summed E-state index contributed by atoms with van der Waals surface area (Å²) in [6.07, 6.45) is 0. The molecular formula is C34H53NO8. The Morgan fingerprint density at radius 1 is 0.628 bits per heavy atom. The third-order valence-electron chi connectivity index (χ3n) is 6.16. The number of esters is 2. The first-order valence-corrected chi connectivity index (χ1v) is 14.6. The summed E-state index contributed by atoms with van der Waals surface area (Å²) in [7, 11) is 3.26. The molecule has 0 aliphatic heterocycles. The van der Waals surface area contributed by atoms with Crippen LogP contribution in [0.15, 0.2) is 48.5 Å². The highest BCUT2D eigenvalue weighted by molar-refractivity contribution is 5.90. The van der Waals surface area contributed by atoms with Crippen LogP contribution in [0.1, 0.15) is 67.8 Å². The standard InChI is InChI=1S/C18H29NO4.C16H24O4/c1-17(2,3)10-22-12-18(4,11-21-5)13-23-16(20)14-6-8-15(19)9-7-14;1-5-19-11-16(3,10-18-4)12-20-15(17)14-8-6-13(2)7-9-14/h6-9H,10-13,19H2,1-5H3;6-9H,5,10-12H2,1-4H3. The predicted molar refractivity (Wildman–Crippen MR) is 169 cm³/mol. The Hall–Kier alpha value is -2.98. The number of hydrogen-bond donors (Lipinski definition) is 1. The fourth-order valence-electron chi connectivity index (χ4n) is 3.85. The number of anilines is 1. The van der Waals surface area contributed by atoms with Crippen LogP contribution in [0.3, 0.4) is 0 Å². The van der Waals surface area contributed by atoms with Crippen molar-refractivity contribution in [3.05, 3.63) is 65.2 Å². The van der Waals surface area contributed by atoms with Gasteiger partial charge in [-0.25, -0.2) is 9.59 Å². The average Bonchev–Trinajstić information content (AvgIpc) is 2.94. The Balaban J connectivity index is 0.000000434. The van der Waals surface area contributed by atoms with E-state index in [-0.39, 0.29) is 41.4 Å². The van der Waals surface area contributed by atoms with Crippen molar-refractivity contribution in [2.24, 2.45) is 16.2 Å². The molecule has 2 N–H and O–H groups in total. The minimum Gasteiger partial charge on any atom is -0.461 e. The van der Waals surface area contributed by atoms with Crippen LogP contribution in [0, 0.1) is 23.2 Å². The first kappa shape index (κ1) is 38.0. The summed E-state index contributed by atoms with van der Waals surface area (Å²) < 4.78 is 32.5. The molecule has 9 heteroatoms. The quantitative estimate of drug-likeness (QED) is 0.183. The minimum absolute atomic E-state index is 0.0919. The topological polar surface area (TPSA) is 116 Å². The molecule has 2 atom stereocenters. The van der Waals surface area contributed by atoms with E-state index in [9.17, 15) is 9.59 Å². The lowest BCUT2D eigenvalue weighted by Crippen LogP contribution is -2.36. The fraction of sp³-hybridized carbons (Fsp3) is 0.588. The lowest BCUT2D eigenvalue weighted by atomic mass is 9.93. The summed E-state index contributed by atoms with van der Waals surface area (Å²) in [5.41, 5.74) is 7.76. The maximum atomic E-state index is 12.1. The van der Waals surface area contributed by atoms with E-state index >= 15 is 0 Å². The summed E-state index contributed by atoms with van der Waals surface area (Å²) >= 11 is 0. The van der Waals surface area contributed by atoms with E-state index in [4.69, 9.17) is 34.2 Å². The third kappa shape index (κ3) is 15.9. The molecule has 0 saturated heterocycles. The number of carbonyl (C=O) groups excluding carboxylic acids is 2. The van der Waals surface area contributed by atoms with Crippen molar-refractivity contribution in [2.75, 3.05) is 72.8 Å². The number of ether oxygens (including phenoxy) is 6. The van der Waals surface area contributed by atoms with Crippen molar-refractivity contribution < 1.29 is 38.0 Å². The van der Waals surface area contributed by atoms with E-state index in [0.29, 0.717) is 56.5 Å². The molecule has 0 spiro atoms. The highest BCUT2D eigenvalue weighted by Gasteiger charge is 2.29. The number of aryl methyl sites for hydroxylation is 1. The molecule has 2 aromatic rings. The summed E-state index contributed by atoms with van der Waals surface area (Å²) in [4.78, 5) is 24.1. The van der Waals surface area contributed by atoms with Gasteiger partial charge >= 0.3 is 11.9 Å². The normalized spacial score (nSPS) is 14.1. The van der Waals surface area contributed by atoms with Crippen molar-refractivity contribution in [3.8, 4) is 0 Å². The molecule has 0 aromatic heterocycles. The Morgan fingerprint density at radius 2 is 1.05 bits per heavy atom. The second kappa shape index (κ2) is 18.6. The zero-order valence-corrected chi connectivity index (χ0v) is 27.6. The van der Waals surface area contributed by atoms with Crippen LogP contribution >= 0.6 is 0 Å². The van der Waals surface area contributed by atoms with E-state index in [1.54, 1.807) is 50.6 Å². The number of nitrogen functional groups attached to an aromatic ring is 1. The van der Waals surface area contributed by atoms with Crippen molar-refractivity contribution >= 4 is 17.6 Å². The molecule has 0 heterocycles. The molecule has 0 saturated carbocycles. The lowest BCUT2D eigenvalue weighted by molar-refractivity contribution is -0.0515. The van der Waals surface area contributed by atoms with Crippen LogP contribution in [-0.4, -0.2) is 79.0 Å². The molecule has 0 aliphatic carbocycles. The SMILES string of the molecule is CCOCC(C)(COC)COC(=O)c1ccc(C)cc1.COCC(C)(COCC(C)(C)C)COC(=O)c1ccc(N)cc1. The van der Waals surface area contributed by atoms with Crippen LogP contribution in [-0.2, 0) is 28.4 Å². The first-order chi connectivity index (χ1) is 20.2. The Kier molecular flexibility index (Phi) is 16.5. The summed E-state index contributed by atoms with van der Waals surface area (Å²) in [6.45, 7) is 17.9. The van der Waals surface area contributed by atoms with Crippen LogP contribution in [0.2, 0.25) is 0 Å². The van der Waals surface area contributed by atoms with Gasteiger partial charge in [0.25, 0.3) is 0 Å². The number of methoxy groups -OCH3 is 2. The van der Waals surface area contributed by atoms with Crippen LogP contribution in [0.4, 0.5) is 5.69 Å². The van der Waals surface area contributed by atoms with Crippen LogP contribution < -0.4 is 5.73 Å². The maximum Gasteiger partial charge on any atom is 0.338 e. The lowest BCUT2D eigenvalue weighted by Gasteiger charge is -2.29. The Bertz CT molecular complexity index is 1080. The molecule has 0 aliphatic rings. The molecule has 43 heavy (non-hydrogen) atoms. The first-order valence-electron chi connectivity index (χ1n) is 14.6. The zero-order chi connectivity index (χ0) is 32.5. The highest BCUT2D eigenvalue weighted by atomic mass is 16.5. The molecule has 0 fully saturated rings. The molecular weight excluding hydrogens is 550 g/mol. The Morgan fingerprint density at radius 3 is 1.44 bits per heavy atom. The number of nitrogens with two attached hydrogens (primary N) is 1. The summed E-state index contributed by atoms with van der Waals surface area (Å²) in [6, 6.07) is 14.0. The molecule has 0 amide bonds. The van der Waals surface area contributed by atoms with E-state index in [1.165, 1.54) is 0 Å². The molecule has 9 nitrogen and oxygen atoms in total. The van der Waals surface area contributed by atoms with Gasteiger partial charge in [0, 0.05) is 37.3 Å². The second-order valence-electron chi connectivity index (χ2n) is 12.8. The third-order valence-corrected chi connectivity index (χ3v) is 6.16. The number of benzene rings is 2. The van der Waals surface area contributed by atoms with E-state index < -0.39 is 0 Å². The predicted octanol–water partition coefficient (Wildman–Crippen LogP) is 5.98. The minimum atomic E-state index is -0.385. The van der Waals surface area contributed by atoms with Gasteiger partial charge in [-0.1, -0.05) is 52.3 Å². The number of carbonyl (C=O) groups is 2. The summed E-state index contributed by atoms with van der Waals surface area (Å²) in [5, 5.41) is 0. The monoisotopic (exact) mass is 603 g/mol. The second-order valence-corrected chi connectivity index (χ2v) is 12.8. The molecule has 0 bridgehead atoms. The van der Waals surface area contributed by atoms with Gasteiger partial charge in [0.05, 0.1) is 44.2 Å². The van der Waals surface area contributed by atoms with E-state index in [1.807, 2.05) is 39.8 Å². The average molecular weight is 604 g/mol. The molecule has 0 radical (unpaired) electrons. The van der Waals surface area contributed by atoms with Crippen molar-refractivity contribution in [1.82, 2.24) is 0 Å². The summed E-state index contributed by atoms with van der Waals surface area (Å²) in [5.74, 6) is -0.688. The Labute approximate surface area is 258 Å². The van der Waals surface area contributed by atoms with E-state index in [0.717, 1.165) is 5.56 Å². The molecule has 2 aromatic carbocycles. The largest absolute Gasteiger partial charge is 0.461 e. The van der Waals surface area contributed by atoms with Crippen molar-refractivity contribution in [3.63, 3.8) is 0 Å². The number of rotatable bonds is 16. The molecule has 2 unspecified atom stereocenters. The van der Waals surface area contributed by atoms with Gasteiger partial charge in [-0.3, -0.25) is 0 Å². The van der Waals surface area contributed by atoms with Gasteiger partial charge in [-0.05, 0) is 55.7 Å². The number of hydrogen-bond acceptors (Lipinski definition) is 9. The fourth-order valence-corrected chi connectivity index (χ4v) is 3.85. The smallest absolute Gasteiger partial charge is 0.338 e. The van der Waals surface area contributed by atoms with Gasteiger partial charge < -0.3 is 34.2 Å².